The monoisotopic (exact) mass is 380 g/mol. The molecule has 0 atom stereocenters. The molecule has 0 amide bonds. The average Bonchev–Trinajstić information content (AvgIpc) is 2.62. The van der Waals surface area contributed by atoms with Crippen LogP contribution < -0.4 is 4.18 Å². The molecule has 0 N–H and O–H groups in total. The second-order valence-corrected chi connectivity index (χ2v) is 6.71. The first kappa shape index (κ1) is 17.9. The molecule has 0 aliphatic heterocycles. The lowest BCUT2D eigenvalue weighted by Gasteiger charge is -2.09. The summed E-state index contributed by atoms with van der Waals surface area (Å²) in [5, 5.41) is 0. The fourth-order valence-electron chi connectivity index (χ4n) is 2.09. The molecule has 5 nitrogen and oxygen atoms in total. The summed E-state index contributed by atoms with van der Waals surface area (Å²) in [6.07, 6.45) is 3.24. The Bertz CT molecular complexity index is 988. The van der Waals surface area contributed by atoms with Crippen LogP contribution in [0.2, 0.25) is 0 Å². The van der Waals surface area contributed by atoms with Crippen molar-refractivity contribution in [1.82, 2.24) is 9.97 Å². The molecule has 0 saturated heterocycles. The van der Waals surface area contributed by atoms with Gasteiger partial charge in [-0.15, -0.1) is 0 Å². The van der Waals surface area contributed by atoms with Gasteiger partial charge in [0.25, 0.3) is 0 Å². The van der Waals surface area contributed by atoms with Gasteiger partial charge >= 0.3 is 15.6 Å². The minimum Gasteiger partial charge on any atom is -0.376 e. The predicted molar refractivity (Wildman–Crippen MR) is 88.5 cm³/mol. The molecule has 3 aromatic rings. The van der Waals surface area contributed by atoms with Gasteiger partial charge in [-0.1, -0.05) is 30.3 Å². The zero-order valence-electron chi connectivity index (χ0n) is 13.0. The van der Waals surface area contributed by atoms with Crippen LogP contribution in [0.15, 0.2) is 67.0 Å². The van der Waals surface area contributed by atoms with Crippen molar-refractivity contribution in [3.8, 4) is 28.3 Å². The third-order valence-corrected chi connectivity index (χ3v) is 4.34. The number of aromatic nitrogens is 2. The molecule has 3 rings (SSSR count). The van der Waals surface area contributed by atoms with E-state index in [0.29, 0.717) is 11.4 Å². The SMILES string of the molecule is O=S(=O)(Oc1ccc(-c2ncc(-c3ccccc3)cn2)cc1)C(F)(F)F. The quantitative estimate of drug-likeness (QED) is 0.505. The number of halogens is 3. The Balaban J connectivity index is 1.79. The predicted octanol–water partition coefficient (Wildman–Crippen LogP) is 4.04. The summed E-state index contributed by atoms with van der Waals surface area (Å²) in [5.74, 6) is -0.109. The van der Waals surface area contributed by atoms with Crippen molar-refractivity contribution in [2.24, 2.45) is 0 Å². The molecule has 9 heteroatoms. The highest BCUT2D eigenvalue weighted by Crippen LogP contribution is 2.28. The molecule has 0 saturated carbocycles. The van der Waals surface area contributed by atoms with Crippen molar-refractivity contribution < 1.29 is 25.8 Å². The fraction of sp³-hybridized carbons (Fsp3) is 0.0588. The number of nitrogens with zero attached hydrogens (tertiary/aromatic N) is 2. The van der Waals surface area contributed by atoms with E-state index in [1.165, 1.54) is 12.1 Å². The number of rotatable bonds is 4. The van der Waals surface area contributed by atoms with Gasteiger partial charge in [0.1, 0.15) is 5.75 Å². The number of benzene rings is 2. The zero-order valence-corrected chi connectivity index (χ0v) is 13.8. The van der Waals surface area contributed by atoms with Gasteiger partial charge in [-0.05, 0) is 29.8 Å². The van der Waals surface area contributed by atoms with Gasteiger partial charge in [-0.2, -0.15) is 21.6 Å². The van der Waals surface area contributed by atoms with Crippen molar-refractivity contribution in [1.29, 1.82) is 0 Å². The number of hydrogen-bond acceptors (Lipinski definition) is 5. The van der Waals surface area contributed by atoms with Crippen LogP contribution in [0.25, 0.3) is 22.5 Å². The minimum atomic E-state index is -5.70. The molecule has 0 unspecified atom stereocenters. The summed E-state index contributed by atoms with van der Waals surface area (Å²) in [6.45, 7) is 0. The summed E-state index contributed by atoms with van der Waals surface area (Å²) >= 11 is 0. The summed E-state index contributed by atoms with van der Waals surface area (Å²) in [6, 6.07) is 14.4. The van der Waals surface area contributed by atoms with E-state index in [0.717, 1.165) is 23.3 Å². The van der Waals surface area contributed by atoms with Crippen molar-refractivity contribution in [2.75, 3.05) is 0 Å². The maximum Gasteiger partial charge on any atom is 0.534 e. The van der Waals surface area contributed by atoms with Gasteiger partial charge in [-0.3, -0.25) is 0 Å². The molecule has 0 radical (unpaired) electrons. The van der Waals surface area contributed by atoms with Crippen LogP contribution >= 0.6 is 0 Å². The van der Waals surface area contributed by atoms with E-state index in [1.54, 1.807) is 12.4 Å². The van der Waals surface area contributed by atoms with E-state index in [4.69, 9.17) is 0 Å². The van der Waals surface area contributed by atoms with Gasteiger partial charge in [0, 0.05) is 23.5 Å². The van der Waals surface area contributed by atoms with E-state index < -0.39 is 21.4 Å². The van der Waals surface area contributed by atoms with Crippen molar-refractivity contribution in [3.63, 3.8) is 0 Å². The van der Waals surface area contributed by atoms with Crippen molar-refractivity contribution in [2.45, 2.75) is 5.51 Å². The molecule has 0 bridgehead atoms. The van der Waals surface area contributed by atoms with Crippen molar-refractivity contribution in [3.05, 3.63) is 67.0 Å². The second kappa shape index (κ2) is 6.75. The highest BCUT2D eigenvalue weighted by molar-refractivity contribution is 7.88. The van der Waals surface area contributed by atoms with Crippen LogP contribution in [0.4, 0.5) is 13.2 Å². The molecule has 1 heterocycles. The molecule has 1 aromatic heterocycles. The third-order valence-electron chi connectivity index (χ3n) is 3.36. The Morgan fingerprint density at radius 1 is 0.769 bits per heavy atom. The molecular weight excluding hydrogens is 369 g/mol. The van der Waals surface area contributed by atoms with E-state index in [1.807, 2.05) is 30.3 Å². The summed E-state index contributed by atoms with van der Waals surface area (Å²) in [4.78, 5) is 8.44. The highest BCUT2D eigenvalue weighted by atomic mass is 32.2. The lowest BCUT2D eigenvalue weighted by molar-refractivity contribution is -0.0500. The zero-order chi connectivity index (χ0) is 18.8. The Kier molecular flexibility index (Phi) is 4.64. The van der Waals surface area contributed by atoms with E-state index in [-0.39, 0.29) is 0 Å². The number of hydrogen-bond donors (Lipinski definition) is 0. The third kappa shape index (κ3) is 3.83. The van der Waals surface area contributed by atoms with Crippen LogP contribution in [-0.2, 0) is 10.1 Å². The molecule has 0 fully saturated rings. The molecule has 134 valence electrons. The number of alkyl halides is 3. The molecule has 26 heavy (non-hydrogen) atoms. The molecule has 0 aliphatic carbocycles. The lowest BCUT2D eigenvalue weighted by Crippen LogP contribution is -2.28. The molecule has 0 spiro atoms. The summed E-state index contributed by atoms with van der Waals surface area (Å²) < 4.78 is 62.9. The molecule has 0 aliphatic rings. The summed E-state index contributed by atoms with van der Waals surface area (Å²) in [7, 11) is -5.70. The van der Waals surface area contributed by atoms with Crippen LogP contribution in [0.1, 0.15) is 0 Å². The van der Waals surface area contributed by atoms with Gasteiger partial charge in [-0.25, -0.2) is 9.97 Å². The van der Waals surface area contributed by atoms with Gasteiger partial charge < -0.3 is 4.18 Å². The van der Waals surface area contributed by atoms with Gasteiger partial charge in [0.15, 0.2) is 5.82 Å². The maximum atomic E-state index is 12.3. The smallest absolute Gasteiger partial charge is 0.376 e. The van der Waals surface area contributed by atoms with Gasteiger partial charge in [0.05, 0.1) is 0 Å². The average molecular weight is 380 g/mol. The van der Waals surface area contributed by atoms with Crippen LogP contribution in [0, 0.1) is 0 Å². The van der Waals surface area contributed by atoms with Crippen LogP contribution in [-0.4, -0.2) is 23.9 Å². The maximum absolute atomic E-state index is 12.3. The Morgan fingerprint density at radius 2 is 1.35 bits per heavy atom. The minimum absolute atomic E-state index is 0.343. The second-order valence-electron chi connectivity index (χ2n) is 5.17. The van der Waals surface area contributed by atoms with E-state index in [9.17, 15) is 21.6 Å². The Hall–Kier alpha value is -2.94. The standard InChI is InChI=1S/C17H11F3N2O3S/c18-17(19,20)26(23,24)25-15-8-6-13(7-9-15)16-21-10-14(11-22-16)12-4-2-1-3-5-12/h1-11H. The molecular formula is C17H11F3N2O3S. The highest BCUT2D eigenvalue weighted by Gasteiger charge is 2.48. The van der Waals surface area contributed by atoms with E-state index >= 15 is 0 Å². The fourth-order valence-corrected chi connectivity index (χ4v) is 2.55. The van der Waals surface area contributed by atoms with Crippen LogP contribution in [0.5, 0.6) is 5.75 Å². The first-order chi connectivity index (χ1) is 12.3. The first-order valence-corrected chi connectivity index (χ1v) is 8.66. The topological polar surface area (TPSA) is 69.2 Å². The normalized spacial score (nSPS) is 12.0. The van der Waals surface area contributed by atoms with Crippen molar-refractivity contribution >= 4 is 10.1 Å². The van der Waals surface area contributed by atoms with Crippen LogP contribution in [0.3, 0.4) is 0 Å². The van der Waals surface area contributed by atoms with Gasteiger partial charge in [0.2, 0.25) is 0 Å². The summed E-state index contributed by atoms with van der Waals surface area (Å²) in [5.41, 5.74) is -3.23. The largest absolute Gasteiger partial charge is 0.534 e. The first-order valence-electron chi connectivity index (χ1n) is 7.25. The lowest BCUT2D eigenvalue weighted by atomic mass is 10.1. The Morgan fingerprint density at radius 3 is 1.88 bits per heavy atom. The Labute approximate surface area is 147 Å². The van der Waals surface area contributed by atoms with E-state index in [2.05, 4.69) is 14.2 Å². The molecule has 2 aromatic carbocycles.